The SMILES string of the molecule is CCC(C)(C)C(CC(O)Cn1c2ccccc2c(=O)c2ccccc21)OO. The first-order valence-electron chi connectivity index (χ1n) is 9.37. The molecule has 0 saturated heterocycles. The smallest absolute Gasteiger partial charge is 0.197 e. The Balaban J connectivity index is 2.03. The van der Waals surface area contributed by atoms with Gasteiger partial charge in [-0.15, -0.1) is 0 Å². The number of benzene rings is 2. The average molecular weight is 369 g/mol. The molecule has 2 aromatic carbocycles. The van der Waals surface area contributed by atoms with Crippen molar-refractivity contribution < 1.29 is 15.3 Å². The van der Waals surface area contributed by atoms with Crippen molar-refractivity contribution in [2.75, 3.05) is 0 Å². The Kier molecular flexibility index (Phi) is 5.65. The van der Waals surface area contributed by atoms with Gasteiger partial charge in [-0.05, 0) is 36.1 Å². The lowest BCUT2D eigenvalue weighted by Crippen LogP contribution is -2.35. The van der Waals surface area contributed by atoms with Gasteiger partial charge in [0.15, 0.2) is 5.43 Å². The summed E-state index contributed by atoms with van der Waals surface area (Å²) in [5, 5.41) is 21.4. The molecule has 0 aliphatic heterocycles. The Hall–Kier alpha value is -2.21. The molecule has 1 aromatic heterocycles. The molecule has 1 heterocycles. The van der Waals surface area contributed by atoms with Gasteiger partial charge >= 0.3 is 0 Å². The third kappa shape index (κ3) is 3.76. The van der Waals surface area contributed by atoms with Crippen LogP contribution in [0.25, 0.3) is 21.8 Å². The largest absolute Gasteiger partial charge is 0.391 e. The summed E-state index contributed by atoms with van der Waals surface area (Å²) in [5.41, 5.74) is 1.31. The van der Waals surface area contributed by atoms with E-state index < -0.39 is 12.2 Å². The Morgan fingerprint density at radius 1 is 1.04 bits per heavy atom. The summed E-state index contributed by atoms with van der Waals surface area (Å²) in [5.74, 6) is 0. The molecule has 0 amide bonds. The van der Waals surface area contributed by atoms with Crippen LogP contribution in [0.2, 0.25) is 0 Å². The van der Waals surface area contributed by atoms with Gasteiger partial charge in [0.2, 0.25) is 0 Å². The van der Waals surface area contributed by atoms with Gasteiger partial charge in [-0.3, -0.25) is 10.1 Å². The molecule has 5 heteroatoms. The molecule has 0 fully saturated rings. The molecule has 2 atom stereocenters. The molecular formula is C22H27NO4. The van der Waals surface area contributed by atoms with Crippen molar-refractivity contribution in [3.63, 3.8) is 0 Å². The van der Waals surface area contributed by atoms with E-state index in [4.69, 9.17) is 0 Å². The van der Waals surface area contributed by atoms with Crippen LogP contribution in [0, 0.1) is 5.41 Å². The second kappa shape index (κ2) is 7.80. The molecule has 0 radical (unpaired) electrons. The lowest BCUT2D eigenvalue weighted by atomic mass is 9.81. The number of aliphatic hydroxyl groups excluding tert-OH is 1. The van der Waals surface area contributed by atoms with Gasteiger partial charge in [0.1, 0.15) is 6.10 Å². The summed E-state index contributed by atoms with van der Waals surface area (Å²) in [6.07, 6.45) is -0.0993. The van der Waals surface area contributed by atoms with Gasteiger partial charge in [0.05, 0.1) is 17.1 Å². The third-order valence-corrected chi connectivity index (χ3v) is 5.67. The molecule has 0 aliphatic rings. The molecule has 0 aliphatic carbocycles. The van der Waals surface area contributed by atoms with Crippen LogP contribution in [0.15, 0.2) is 53.3 Å². The molecule has 27 heavy (non-hydrogen) atoms. The zero-order chi connectivity index (χ0) is 19.6. The molecule has 3 rings (SSSR count). The quantitative estimate of drug-likeness (QED) is 0.372. The van der Waals surface area contributed by atoms with Crippen LogP contribution in [0.4, 0.5) is 0 Å². The highest BCUT2D eigenvalue weighted by molar-refractivity contribution is 5.93. The van der Waals surface area contributed by atoms with E-state index in [1.54, 1.807) is 0 Å². The van der Waals surface area contributed by atoms with Gasteiger partial charge in [0.25, 0.3) is 0 Å². The molecule has 144 valence electrons. The van der Waals surface area contributed by atoms with E-state index in [1.807, 2.05) is 73.9 Å². The number of pyridine rings is 1. The first-order chi connectivity index (χ1) is 12.9. The lowest BCUT2D eigenvalue weighted by molar-refractivity contribution is -0.306. The molecule has 3 aromatic rings. The van der Waals surface area contributed by atoms with Crippen molar-refractivity contribution in [1.29, 1.82) is 0 Å². The fourth-order valence-electron chi connectivity index (χ4n) is 3.54. The van der Waals surface area contributed by atoms with Gasteiger partial charge in [-0.25, -0.2) is 4.89 Å². The number of aromatic nitrogens is 1. The maximum absolute atomic E-state index is 12.8. The minimum atomic E-state index is -0.734. The predicted molar refractivity (Wildman–Crippen MR) is 108 cm³/mol. The number of hydrogen-bond donors (Lipinski definition) is 2. The zero-order valence-corrected chi connectivity index (χ0v) is 16.1. The first-order valence-corrected chi connectivity index (χ1v) is 9.37. The molecular weight excluding hydrogens is 342 g/mol. The molecule has 0 saturated carbocycles. The van der Waals surface area contributed by atoms with Crippen molar-refractivity contribution in [2.24, 2.45) is 5.41 Å². The highest BCUT2D eigenvalue weighted by Gasteiger charge is 2.31. The second-order valence-electron chi connectivity index (χ2n) is 7.80. The normalized spacial score (nSPS) is 14.6. The van der Waals surface area contributed by atoms with E-state index in [0.717, 1.165) is 17.5 Å². The van der Waals surface area contributed by atoms with E-state index in [-0.39, 0.29) is 10.8 Å². The average Bonchev–Trinajstić information content (AvgIpc) is 2.69. The van der Waals surface area contributed by atoms with Crippen molar-refractivity contribution in [2.45, 2.75) is 52.4 Å². The van der Waals surface area contributed by atoms with Crippen LogP contribution in [-0.2, 0) is 11.4 Å². The van der Waals surface area contributed by atoms with Crippen LogP contribution in [-0.4, -0.2) is 27.1 Å². The maximum Gasteiger partial charge on any atom is 0.197 e. The maximum atomic E-state index is 12.8. The number of para-hydroxylation sites is 2. The summed E-state index contributed by atoms with van der Waals surface area (Å²) in [6, 6.07) is 14.9. The van der Waals surface area contributed by atoms with Crippen molar-refractivity contribution >= 4 is 21.8 Å². The third-order valence-electron chi connectivity index (χ3n) is 5.67. The highest BCUT2D eigenvalue weighted by atomic mass is 17.1. The minimum Gasteiger partial charge on any atom is -0.391 e. The molecule has 0 bridgehead atoms. The number of nitrogens with zero attached hydrogens (tertiary/aromatic N) is 1. The molecule has 0 spiro atoms. The number of aliphatic hydroxyl groups is 1. The van der Waals surface area contributed by atoms with Gasteiger partial charge < -0.3 is 9.67 Å². The van der Waals surface area contributed by atoms with Crippen LogP contribution in [0.5, 0.6) is 0 Å². The minimum absolute atomic E-state index is 0.00405. The monoisotopic (exact) mass is 369 g/mol. The Labute approximate surface area is 158 Å². The van der Waals surface area contributed by atoms with E-state index in [0.29, 0.717) is 23.7 Å². The number of hydrogen-bond acceptors (Lipinski definition) is 4. The standard InChI is InChI=1S/C22H27NO4/c1-4-22(2,3)20(27-26)13-15(24)14-23-18-11-7-5-9-16(18)21(25)17-10-6-8-12-19(17)23/h5-12,15,20,24,26H,4,13-14H2,1-3H3. The van der Waals surface area contributed by atoms with Gasteiger partial charge in [0, 0.05) is 23.7 Å². The van der Waals surface area contributed by atoms with Crippen molar-refractivity contribution in [3.8, 4) is 0 Å². The summed E-state index contributed by atoms with van der Waals surface area (Å²) in [7, 11) is 0. The topological polar surface area (TPSA) is 71.7 Å². The van der Waals surface area contributed by atoms with E-state index >= 15 is 0 Å². The fraction of sp³-hybridized carbons (Fsp3) is 0.409. The van der Waals surface area contributed by atoms with Crippen LogP contribution in [0.3, 0.4) is 0 Å². The van der Waals surface area contributed by atoms with Gasteiger partial charge in [-0.2, -0.15) is 0 Å². The second-order valence-corrected chi connectivity index (χ2v) is 7.80. The summed E-state index contributed by atoms with van der Waals surface area (Å²) in [4.78, 5) is 17.5. The highest BCUT2D eigenvalue weighted by Crippen LogP contribution is 2.30. The number of fused-ring (bicyclic) bond motifs is 2. The molecule has 2 N–H and O–H groups in total. The zero-order valence-electron chi connectivity index (χ0n) is 16.1. The molecule has 5 nitrogen and oxygen atoms in total. The van der Waals surface area contributed by atoms with E-state index in [1.165, 1.54) is 0 Å². The van der Waals surface area contributed by atoms with Gasteiger partial charge in [-0.1, -0.05) is 45.0 Å². The van der Waals surface area contributed by atoms with Crippen LogP contribution >= 0.6 is 0 Å². The Morgan fingerprint density at radius 2 is 1.56 bits per heavy atom. The van der Waals surface area contributed by atoms with Crippen LogP contribution < -0.4 is 5.43 Å². The lowest BCUT2D eigenvalue weighted by Gasteiger charge is -2.32. The van der Waals surface area contributed by atoms with E-state index in [9.17, 15) is 15.2 Å². The first kappa shape index (κ1) is 19.5. The Morgan fingerprint density at radius 3 is 2.04 bits per heavy atom. The number of rotatable bonds is 7. The summed E-state index contributed by atoms with van der Waals surface area (Å²) in [6.45, 7) is 6.34. The van der Waals surface area contributed by atoms with Crippen molar-refractivity contribution in [1.82, 2.24) is 4.57 Å². The summed E-state index contributed by atoms with van der Waals surface area (Å²) < 4.78 is 1.98. The van der Waals surface area contributed by atoms with Crippen molar-refractivity contribution in [3.05, 3.63) is 58.8 Å². The van der Waals surface area contributed by atoms with Crippen LogP contribution in [0.1, 0.15) is 33.6 Å². The predicted octanol–water partition coefficient (Wildman–Crippen LogP) is 4.20. The fourth-order valence-corrected chi connectivity index (χ4v) is 3.54. The molecule has 2 unspecified atom stereocenters. The Bertz CT molecular complexity index is 932. The summed E-state index contributed by atoms with van der Waals surface area (Å²) >= 11 is 0. The van der Waals surface area contributed by atoms with E-state index in [2.05, 4.69) is 4.89 Å².